The van der Waals surface area contributed by atoms with Crippen LogP contribution in [-0.4, -0.2) is 11.2 Å². The Bertz CT molecular complexity index is 328. The lowest BCUT2D eigenvalue weighted by molar-refractivity contribution is 0.164. The predicted molar refractivity (Wildman–Crippen MR) is 49.8 cm³/mol. The predicted octanol–water partition coefficient (Wildman–Crippen LogP) is 0.939. The number of benzene rings is 1. The molecular formula is C10H12N2O. The number of aliphatic hydroxyl groups excluding tert-OH is 1. The van der Waals surface area contributed by atoms with Gasteiger partial charge in [0, 0.05) is 0 Å². The van der Waals surface area contributed by atoms with Crippen LogP contribution in [0.2, 0.25) is 0 Å². The molecule has 3 N–H and O–H groups in total. The minimum atomic E-state index is -0.644. The summed E-state index contributed by atoms with van der Waals surface area (Å²) in [6.45, 7) is 1.61. The van der Waals surface area contributed by atoms with Gasteiger partial charge in [-0.25, -0.2) is 0 Å². The van der Waals surface area contributed by atoms with Crippen molar-refractivity contribution >= 4 is 0 Å². The summed E-state index contributed by atoms with van der Waals surface area (Å²) in [6, 6.07) is 8.58. The zero-order chi connectivity index (χ0) is 9.84. The van der Waals surface area contributed by atoms with Gasteiger partial charge >= 0.3 is 0 Å². The first-order valence-corrected chi connectivity index (χ1v) is 4.09. The molecule has 13 heavy (non-hydrogen) atoms. The van der Waals surface area contributed by atoms with Crippen LogP contribution in [0.5, 0.6) is 0 Å². The molecule has 0 aliphatic rings. The van der Waals surface area contributed by atoms with E-state index in [0.29, 0.717) is 11.1 Å². The first-order chi connectivity index (χ1) is 6.16. The molecule has 3 heteroatoms. The molecule has 0 radical (unpaired) electrons. The smallest absolute Gasteiger partial charge is 0.0995 e. The van der Waals surface area contributed by atoms with Crippen molar-refractivity contribution in [2.75, 3.05) is 0 Å². The van der Waals surface area contributed by atoms with E-state index >= 15 is 0 Å². The molecular weight excluding hydrogens is 164 g/mol. The lowest BCUT2D eigenvalue weighted by atomic mass is 9.98. The van der Waals surface area contributed by atoms with Crippen molar-refractivity contribution in [3.63, 3.8) is 0 Å². The van der Waals surface area contributed by atoms with E-state index in [9.17, 15) is 5.11 Å². The normalized spacial score (nSPS) is 14.6. The molecule has 0 fully saturated rings. The van der Waals surface area contributed by atoms with Gasteiger partial charge < -0.3 is 10.8 Å². The molecule has 0 aliphatic heterocycles. The number of hydrogen-bond donors (Lipinski definition) is 2. The van der Waals surface area contributed by atoms with Crippen LogP contribution in [0.25, 0.3) is 0 Å². The van der Waals surface area contributed by atoms with Crippen molar-refractivity contribution in [1.29, 1.82) is 5.26 Å². The second-order valence-corrected chi connectivity index (χ2v) is 2.97. The molecule has 0 aromatic heterocycles. The third kappa shape index (κ3) is 2.05. The van der Waals surface area contributed by atoms with E-state index in [4.69, 9.17) is 11.0 Å². The average Bonchev–Trinajstić information content (AvgIpc) is 2.16. The molecule has 0 saturated carbocycles. The number of hydrogen-bond acceptors (Lipinski definition) is 3. The second kappa shape index (κ2) is 4.04. The fourth-order valence-electron chi connectivity index (χ4n) is 1.15. The molecule has 1 aromatic rings. The Morgan fingerprint density at radius 1 is 1.46 bits per heavy atom. The first kappa shape index (κ1) is 9.72. The fraction of sp³-hybridized carbons (Fsp3) is 0.300. The maximum atomic E-state index is 9.26. The van der Waals surface area contributed by atoms with Crippen LogP contribution >= 0.6 is 0 Å². The molecule has 0 amide bonds. The van der Waals surface area contributed by atoms with E-state index in [2.05, 4.69) is 0 Å². The standard InChI is InChI=1S/C10H12N2O/c1-7(13)10(12)9-5-3-2-4-8(9)6-11/h2-5,7,10,13H,12H2,1H3/t7-,10+/m1/s1. The van der Waals surface area contributed by atoms with Crippen LogP contribution in [0.3, 0.4) is 0 Å². The van der Waals surface area contributed by atoms with Crippen molar-refractivity contribution in [2.24, 2.45) is 5.73 Å². The van der Waals surface area contributed by atoms with Crippen molar-refractivity contribution in [1.82, 2.24) is 0 Å². The van der Waals surface area contributed by atoms with Crippen LogP contribution in [-0.2, 0) is 0 Å². The molecule has 1 aromatic carbocycles. The number of aliphatic hydroxyl groups is 1. The number of nitriles is 1. The van der Waals surface area contributed by atoms with Gasteiger partial charge in [-0.15, -0.1) is 0 Å². The van der Waals surface area contributed by atoms with E-state index in [1.807, 2.05) is 6.07 Å². The minimum Gasteiger partial charge on any atom is -0.391 e. The lowest BCUT2D eigenvalue weighted by Crippen LogP contribution is -2.23. The van der Waals surface area contributed by atoms with E-state index in [0.717, 1.165) is 0 Å². The SMILES string of the molecule is C[C@@H](O)[C@H](N)c1ccccc1C#N. The van der Waals surface area contributed by atoms with Crippen molar-refractivity contribution < 1.29 is 5.11 Å². The molecule has 0 saturated heterocycles. The van der Waals surface area contributed by atoms with Gasteiger partial charge in [-0.2, -0.15) is 5.26 Å². The maximum Gasteiger partial charge on any atom is 0.0995 e. The van der Waals surface area contributed by atoms with Crippen LogP contribution in [0, 0.1) is 11.3 Å². The summed E-state index contributed by atoms with van der Waals surface area (Å²) in [4.78, 5) is 0. The highest BCUT2D eigenvalue weighted by molar-refractivity contribution is 5.39. The summed E-state index contributed by atoms with van der Waals surface area (Å²) in [6.07, 6.45) is -0.644. The van der Waals surface area contributed by atoms with Crippen LogP contribution in [0.1, 0.15) is 24.1 Å². The Kier molecular flexibility index (Phi) is 3.02. The van der Waals surface area contributed by atoms with Crippen molar-refractivity contribution in [2.45, 2.75) is 19.1 Å². The summed E-state index contributed by atoms with van der Waals surface area (Å²) in [5.41, 5.74) is 6.93. The van der Waals surface area contributed by atoms with Gasteiger partial charge in [0.25, 0.3) is 0 Å². The highest BCUT2D eigenvalue weighted by Gasteiger charge is 2.14. The van der Waals surface area contributed by atoms with Crippen LogP contribution < -0.4 is 5.73 Å². The molecule has 68 valence electrons. The summed E-state index contributed by atoms with van der Waals surface area (Å²) in [5.74, 6) is 0. The number of rotatable bonds is 2. The zero-order valence-corrected chi connectivity index (χ0v) is 7.44. The van der Waals surface area contributed by atoms with E-state index < -0.39 is 12.1 Å². The molecule has 0 aliphatic carbocycles. The van der Waals surface area contributed by atoms with Gasteiger partial charge in [-0.05, 0) is 18.6 Å². The maximum absolute atomic E-state index is 9.26. The van der Waals surface area contributed by atoms with Crippen molar-refractivity contribution in [3.8, 4) is 6.07 Å². The summed E-state index contributed by atoms with van der Waals surface area (Å²) in [5, 5.41) is 18.0. The van der Waals surface area contributed by atoms with E-state index in [-0.39, 0.29) is 0 Å². The molecule has 0 bridgehead atoms. The van der Waals surface area contributed by atoms with E-state index in [1.54, 1.807) is 31.2 Å². The lowest BCUT2D eigenvalue weighted by Gasteiger charge is -2.15. The van der Waals surface area contributed by atoms with Crippen LogP contribution in [0.15, 0.2) is 24.3 Å². The molecule has 0 heterocycles. The minimum absolute atomic E-state index is 0.490. The summed E-state index contributed by atoms with van der Waals surface area (Å²) >= 11 is 0. The van der Waals surface area contributed by atoms with Gasteiger partial charge in [0.15, 0.2) is 0 Å². The molecule has 0 spiro atoms. The molecule has 2 atom stereocenters. The topological polar surface area (TPSA) is 70.0 Å². The molecule has 3 nitrogen and oxygen atoms in total. The van der Waals surface area contributed by atoms with E-state index in [1.165, 1.54) is 0 Å². The fourth-order valence-corrected chi connectivity index (χ4v) is 1.15. The van der Waals surface area contributed by atoms with Gasteiger partial charge in [0.05, 0.1) is 23.8 Å². The van der Waals surface area contributed by atoms with Crippen molar-refractivity contribution in [3.05, 3.63) is 35.4 Å². The summed E-state index contributed by atoms with van der Waals surface area (Å²) < 4.78 is 0. The van der Waals surface area contributed by atoms with Crippen LogP contribution in [0.4, 0.5) is 0 Å². The first-order valence-electron chi connectivity index (χ1n) is 4.09. The van der Waals surface area contributed by atoms with Gasteiger partial charge in [-0.3, -0.25) is 0 Å². The number of nitrogens with zero attached hydrogens (tertiary/aromatic N) is 1. The highest BCUT2D eigenvalue weighted by Crippen LogP contribution is 2.17. The van der Waals surface area contributed by atoms with Gasteiger partial charge in [-0.1, -0.05) is 18.2 Å². The molecule has 1 rings (SSSR count). The van der Waals surface area contributed by atoms with Gasteiger partial charge in [0.1, 0.15) is 0 Å². The third-order valence-corrected chi connectivity index (χ3v) is 1.96. The number of nitrogens with two attached hydrogens (primary N) is 1. The largest absolute Gasteiger partial charge is 0.391 e. The third-order valence-electron chi connectivity index (χ3n) is 1.96. The monoisotopic (exact) mass is 176 g/mol. The Morgan fingerprint density at radius 2 is 2.08 bits per heavy atom. The average molecular weight is 176 g/mol. The highest BCUT2D eigenvalue weighted by atomic mass is 16.3. The molecule has 0 unspecified atom stereocenters. The van der Waals surface area contributed by atoms with Gasteiger partial charge in [0.2, 0.25) is 0 Å². The second-order valence-electron chi connectivity index (χ2n) is 2.97. The Balaban J connectivity index is 3.07. The Morgan fingerprint density at radius 3 is 2.62 bits per heavy atom. The zero-order valence-electron chi connectivity index (χ0n) is 7.44. The summed E-state index contributed by atoms with van der Waals surface area (Å²) in [7, 11) is 0. The Hall–Kier alpha value is -1.37. The quantitative estimate of drug-likeness (QED) is 0.704. The Labute approximate surface area is 77.4 Å².